The van der Waals surface area contributed by atoms with Gasteiger partial charge in [0.25, 0.3) is 0 Å². The van der Waals surface area contributed by atoms with E-state index in [1.54, 1.807) is 0 Å². The van der Waals surface area contributed by atoms with Gasteiger partial charge in [0.15, 0.2) is 0 Å². The Morgan fingerprint density at radius 1 is 1.32 bits per heavy atom. The highest BCUT2D eigenvalue weighted by Crippen LogP contribution is 2.10. The van der Waals surface area contributed by atoms with Crippen LogP contribution in [0.25, 0.3) is 0 Å². The standard InChI is InChI=1S/C13H15BrN4O/c14-11-5-3-10(4-6-11)8-13(19)15-7-1-2-12-16-9-17-18-12/h3-6,9H,1-2,7-8H2,(H,15,19)(H,16,17,18). The molecule has 1 aromatic heterocycles. The van der Waals surface area contributed by atoms with E-state index in [-0.39, 0.29) is 5.91 Å². The fourth-order valence-corrected chi connectivity index (χ4v) is 1.95. The molecule has 0 aliphatic rings. The van der Waals surface area contributed by atoms with Crippen LogP contribution in [0, 0.1) is 0 Å². The molecule has 100 valence electrons. The monoisotopic (exact) mass is 322 g/mol. The number of carbonyl (C=O) groups is 1. The molecule has 5 nitrogen and oxygen atoms in total. The van der Waals surface area contributed by atoms with E-state index in [2.05, 4.69) is 36.4 Å². The third-order valence-corrected chi connectivity index (χ3v) is 3.18. The molecule has 1 amide bonds. The van der Waals surface area contributed by atoms with Gasteiger partial charge in [0.05, 0.1) is 6.42 Å². The first-order valence-corrected chi connectivity index (χ1v) is 6.89. The zero-order chi connectivity index (χ0) is 13.5. The Balaban J connectivity index is 1.65. The second-order valence-corrected chi connectivity index (χ2v) is 5.10. The summed E-state index contributed by atoms with van der Waals surface area (Å²) < 4.78 is 1.02. The average Bonchev–Trinajstić information content (AvgIpc) is 2.91. The second kappa shape index (κ2) is 7.04. The SMILES string of the molecule is O=C(Cc1ccc(Br)cc1)NCCCc1ncn[nH]1. The van der Waals surface area contributed by atoms with Crippen LogP contribution in [0.1, 0.15) is 17.8 Å². The van der Waals surface area contributed by atoms with Crippen molar-refractivity contribution < 1.29 is 4.79 Å². The maximum absolute atomic E-state index is 11.7. The van der Waals surface area contributed by atoms with Crippen molar-refractivity contribution >= 4 is 21.8 Å². The molecule has 0 fully saturated rings. The van der Waals surface area contributed by atoms with E-state index in [4.69, 9.17) is 0 Å². The molecule has 0 saturated heterocycles. The van der Waals surface area contributed by atoms with Crippen molar-refractivity contribution in [3.63, 3.8) is 0 Å². The molecule has 6 heteroatoms. The molecule has 0 unspecified atom stereocenters. The van der Waals surface area contributed by atoms with E-state index >= 15 is 0 Å². The van der Waals surface area contributed by atoms with Crippen LogP contribution in [-0.2, 0) is 17.6 Å². The lowest BCUT2D eigenvalue weighted by Crippen LogP contribution is -2.26. The van der Waals surface area contributed by atoms with Crippen molar-refractivity contribution in [2.45, 2.75) is 19.3 Å². The molecular weight excluding hydrogens is 308 g/mol. The maximum atomic E-state index is 11.7. The molecule has 2 aromatic rings. The first-order chi connectivity index (χ1) is 9.24. The Labute approximate surface area is 120 Å². The number of hydrogen-bond donors (Lipinski definition) is 2. The highest BCUT2D eigenvalue weighted by Gasteiger charge is 2.03. The van der Waals surface area contributed by atoms with Gasteiger partial charge >= 0.3 is 0 Å². The van der Waals surface area contributed by atoms with E-state index < -0.39 is 0 Å². The third kappa shape index (κ3) is 4.82. The van der Waals surface area contributed by atoms with Crippen LogP contribution in [0.4, 0.5) is 0 Å². The number of hydrogen-bond acceptors (Lipinski definition) is 3. The molecule has 0 aliphatic heterocycles. The second-order valence-electron chi connectivity index (χ2n) is 4.19. The summed E-state index contributed by atoms with van der Waals surface area (Å²) in [5, 5.41) is 9.46. The Bertz CT molecular complexity index is 510. The molecule has 0 saturated carbocycles. The summed E-state index contributed by atoms with van der Waals surface area (Å²) in [5.41, 5.74) is 1.01. The Morgan fingerprint density at radius 2 is 2.11 bits per heavy atom. The number of aromatic amines is 1. The number of H-pyrrole nitrogens is 1. The summed E-state index contributed by atoms with van der Waals surface area (Å²) in [7, 11) is 0. The van der Waals surface area contributed by atoms with Gasteiger partial charge in [-0.05, 0) is 24.1 Å². The summed E-state index contributed by atoms with van der Waals surface area (Å²) >= 11 is 3.37. The molecule has 0 atom stereocenters. The number of aryl methyl sites for hydroxylation is 1. The summed E-state index contributed by atoms with van der Waals surface area (Å²) in [5.74, 6) is 0.891. The minimum atomic E-state index is 0.0416. The Morgan fingerprint density at radius 3 is 2.79 bits per heavy atom. The number of rotatable bonds is 6. The minimum absolute atomic E-state index is 0.0416. The molecule has 0 bridgehead atoms. The highest BCUT2D eigenvalue weighted by atomic mass is 79.9. The van der Waals surface area contributed by atoms with Gasteiger partial charge in [0.2, 0.25) is 5.91 Å². The molecule has 2 N–H and O–H groups in total. The van der Waals surface area contributed by atoms with Gasteiger partial charge in [-0.1, -0.05) is 28.1 Å². The van der Waals surface area contributed by atoms with Crippen LogP contribution in [0.2, 0.25) is 0 Å². The van der Waals surface area contributed by atoms with E-state index in [9.17, 15) is 4.79 Å². The van der Waals surface area contributed by atoms with Crippen molar-refractivity contribution in [2.24, 2.45) is 0 Å². The van der Waals surface area contributed by atoms with Crippen LogP contribution >= 0.6 is 15.9 Å². The van der Waals surface area contributed by atoms with Crippen LogP contribution in [-0.4, -0.2) is 27.6 Å². The first-order valence-electron chi connectivity index (χ1n) is 6.09. The molecule has 1 aromatic carbocycles. The number of benzene rings is 1. The van der Waals surface area contributed by atoms with Crippen molar-refractivity contribution in [1.82, 2.24) is 20.5 Å². The fourth-order valence-electron chi connectivity index (χ4n) is 1.69. The number of aromatic nitrogens is 3. The summed E-state index contributed by atoms with van der Waals surface area (Å²) in [6.45, 7) is 0.649. The summed E-state index contributed by atoms with van der Waals surface area (Å²) in [6.07, 6.45) is 3.54. The molecule has 0 spiro atoms. The molecule has 0 radical (unpaired) electrons. The van der Waals surface area contributed by atoms with Crippen LogP contribution in [0.15, 0.2) is 35.1 Å². The van der Waals surface area contributed by atoms with Gasteiger partial charge < -0.3 is 5.32 Å². The highest BCUT2D eigenvalue weighted by molar-refractivity contribution is 9.10. The van der Waals surface area contributed by atoms with Crippen molar-refractivity contribution in [3.8, 4) is 0 Å². The normalized spacial score (nSPS) is 10.4. The topological polar surface area (TPSA) is 70.7 Å². The van der Waals surface area contributed by atoms with Gasteiger partial charge in [-0.3, -0.25) is 9.89 Å². The van der Waals surface area contributed by atoms with Gasteiger partial charge in [-0.25, -0.2) is 4.98 Å². The van der Waals surface area contributed by atoms with Gasteiger partial charge in [0, 0.05) is 17.4 Å². The number of nitrogens with zero attached hydrogens (tertiary/aromatic N) is 2. The predicted molar refractivity (Wildman–Crippen MR) is 75.6 cm³/mol. The van der Waals surface area contributed by atoms with Crippen molar-refractivity contribution in [2.75, 3.05) is 6.54 Å². The summed E-state index contributed by atoms with van der Waals surface area (Å²) in [6, 6.07) is 7.76. The van der Waals surface area contributed by atoms with E-state index in [1.165, 1.54) is 6.33 Å². The lowest BCUT2D eigenvalue weighted by atomic mass is 10.1. The van der Waals surface area contributed by atoms with E-state index in [0.29, 0.717) is 13.0 Å². The largest absolute Gasteiger partial charge is 0.356 e. The summed E-state index contributed by atoms with van der Waals surface area (Å²) in [4.78, 5) is 15.7. The molecule has 2 rings (SSSR count). The van der Waals surface area contributed by atoms with Crippen LogP contribution < -0.4 is 5.32 Å². The Hall–Kier alpha value is -1.69. The first kappa shape index (κ1) is 13.7. The number of carbonyl (C=O) groups excluding carboxylic acids is 1. The molecular formula is C13H15BrN4O. The molecule has 1 heterocycles. The molecule has 0 aliphatic carbocycles. The minimum Gasteiger partial charge on any atom is -0.356 e. The number of nitrogens with one attached hydrogen (secondary N) is 2. The Kier molecular flexibility index (Phi) is 5.09. The third-order valence-electron chi connectivity index (χ3n) is 2.66. The fraction of sp³-hybridized carbons (Fsp3) is 0.308. The maximum Gasteiger partial charge on any atom is 0.224 e. The van der Waals surface area contributed by atoms with E-state index in [1.807, 2.05) is 24.3 Å². The van der Waals surface area contributed by atoms with Crippen molar-refractivity contribution in [3.05, 3.63) is 46.5 Å². The lowest BCUT2D eigenvalue weighted by Gasteiger charge is -2.04. The van der Waals surface area contributed by atoms with Gasteiger partial charge in [-0.2, -0.15) is 5.10 Å². The lowest BCUT2D eigenvalue weighted by molar-refractivity contribution is -0.120. The zero-order valence-electron chi connectivity index (χ0n) is 10.4. The average molecular weight is 323 g/mol. The zero-order valence-corrected chi connectivity index (χ0v) is 12.0. The van der Waals surface area contributed by atoms with Gasteiger partial charge in [0.1, 0.15) is 12.2 Å². The quantitative estimate of drug-likeness (QED) is 0.797. The van der Waals surface area contributed by atoms with E-state index in [0.717, 1.165) is 28.7 Å². The van der Waals surface area contributed by atoms with Crippen LogP contribution in [0.3, 0.4) is 0 Å². The predicted octanol–water partition coefficient (Wildman–Crippen LogP) is 1.86. The van der Waals surface area contributed by atoms with Gasteiger partial charge in [-0.15, -0.1) is 0 Å². The number of amides is 1. The number of halogens is 1. The smallest absolute Gasteiger partial charge is 0.224 e. The van der Waals surface area contributed by atoms with Crippen molar-refractivity contribution in [1.29, 1.82) is 0 Å². The van der Waals surface area contributed by atoms with Crippen LogP contribution in [0.5, 0.6) is 0 Å². The molecule has 19 heavy (non-hydrogen) atoms.